The van der Waals surface area contributed by atoms with Crippen LogP contribution in [0.25, 0.3) is 0 Å². The molecular weight excluding hydrogens is 238 g/mol. The van der Waals surface area contributed by atoms with E-state index in [-0.39, 0.29) is 6.10 Å². The zero-order valence-corrected chi connectivity index (χ0v) is 11.1. The van der Waals surface area contributed by atoms with Gasteiger partial charge in [-0.05, 0) is 48.7 Å². The number of pyridine rings is 1. The van der Waals surface area contributed by atoms with Gasteiger partial charge in [-0.3, -0.25) is 4.98 Å². The molecule has 100 valence electrons. The molecule has 2 rings (SSSR count). The predicted molar refractivity (Wildman–Crippen MR) is 75.3 cm³/mol. The van der Waals surface area contributed by atoms with Crippen molar-refractivity contribution >= 4 is 0 Å². The van der Waals surface area contributed by atoms with Crippen LogP contribution in [-0.2, 0) is 12.8 Å². The molecule has 19 heavy (non-hydrogen) atoms. The molecule has 0 bridgehead atoms. The van der Waals surface area contributed by atoms with Gasteiger partial charge >= 0.3 is 0 Å². The van der Waals surface area contributed by atoms with Gasteiger partial charge in [0, 0.05) is 18.8 Å². The highest BCUT2D eigenvalue weighted by molar-refractivity contribution is 5.27. The first-order chi connectivity index (χ1) is 9.24. The van der Waals surface area contributed by atoms with E-state index < -0.39 is 0 Å². The molecule has 1 heterocycles. The Morgan fingerprint density at radius 3 is 2.37 bits per heavy atom. The van der Waals surface area contributed by atoms with Crippen LogP contribution in [0.2, 0.25) is 0 Å². The topological polar surface area (TPSA) is 42.4 Å². The summed E-state index contributed by atoms with van der Waals surface area (Å²) in [5.74, 6) is 0.864. The molecular formula is C16H19NO2. The Morgan fingerprint density at radius 1 is 1.05 bits per heavy atom. The third-order valence-electron chi connectivity index (χ3n) is 2.86. The SMILES string of the molecule is CC(O)Cc1ccc(OCCc2ccncc2)cc1. The number of aliphatic hydroxyl groups is 1. The molecule has 0 radical (unpaired) electrons. The normalized spacial score (nSPS) is 12.1. The van der Waals surface area contributed by atoms with Gasteiger partial charge in [0.1, 0.15) is 5.75 Å². The molecule has 0 amide bonds. The Kier molecular flexibility index (Phi) is 4.93. The van der Waals surface area contributed by atoms with Gasteiger partial charge in [0.2, 0.25) is 0 Å². The first-order valence-electron chi connectivity index (χ1n) is 6.53. The van der Waals surface area contributed by atoms with Crippen molar-refractivity contribution in [1.82, 2.24) is 4.98 Å². The fourth-order valence-corrected chi connectivity index (χ4v) is 1.90. The maximum Gasteiger partial charge on any atom is 0.119 e. The first kappa shape index (κ1) is 13.6. The predicted octanol–water partition coefficient (Wildman–Crippen LogP) is 2.63. The van der Waals surface area contributed by atoms with E-state index in [1.807, 2.05) is 36.4 Å². The lowest BCUT2D eigenvalue weighted by Crippen LogP contribution is -2.04. The van der Waals surface area contributed by atoms with E-state index in [4.69, 9.17) is 4.74 Å². The van der Waals surface area contributed by atoms with Gasteiger partial charge < -0.3 is 9.84 Å². The van der Waals surface area contributed by atoms with Gasteiger partial charge in [-0.1, -0.05) is 12.1 Å². The Balaban J connectivity index is 1.80. The Hall–Kier alpha value is -1.87. The lowest BCUT2D eigenvalue weighted by molar-refractivity contribution is 0.195. The molecule has 0 aliphatic carbocycles. The number of ether oxygens (including phenoxy) is 1. The Morgan fingerprint density at radius 2 is 1.74 bits per heavy atom. The zero-order valence-electron chi connectivity index (χ0n) is 11.1. The molecule has 1 aromatic carbocycles. The Labute approximate surface area is 113 Å². The summed E-state index contributed by atoms with van der Waals surface area (Å²) in [5.41, 5.74) is 2.34. The smallest absolute Gasteiger partial charge is 0.119 e. The number of rotatable bonds is 6. The average molecular weight is 257 g/mol. The highest BCUT2D eigenvalue weighted by atomic mass is 16.5. The molecule has 3 heteroatoms. The standard InChI is InChI=1S/C16H19NO2/c1-13(18)12-15-2-4-16(5-3-15)19-11-8-14-6-9-17-10-7-14/h2-7,9-10,13,18H,8,11-12H2,1H3. The minimum absolute atomic E-state index is 0.307. The van der Waals surface area contributed by atoms with Crippen molar-refractivity contribution in [2.24, 2.45) is 0 Å². The quantitative estimate of drug-likeness (QED) is 0.865. The molecule has 0 fully saturated rings. The third-order valence-corrected chi connectivity index (χ3v) is 2.86. The van der Waals surface area contributed by atoms with E-state index in [1.165, 1.54) is 5.56 Å². The molecule has 1 aromatic heterocycles. The summed E-state index contributed by atoms with van der Waals surface area (Å²) < 4.78 is 5.69. The monoisotopic (exact) mass is 257 g/mol. The van der Waals surface area contributed by atoms with E-state index in [0.717, 1.165) is 17.7 Å². The van der Waals surface area contributed by atoms with Crippen molar-refractivity contribution in [3.05, 3.63) is 59.9 Å². The van der Waals surface area contributed by atoms with Crippen LogP contribution in [0.1, 0.15) is 18.1 Å². The van der Waals surface area contributed by atoms with Gasteiger partial charge in [-0.15, -0.1) is 0 Å². The first-order valence-corrected chi connectivity index (χ1v) is 6.53. The van der Waals surface area contributed by atoms with Crippen LogP contribution in [0.4, 0.5) is 0 Å². The highest BCUT2D eigenvalue weighted by Crippen LogP contribution is 2.14. The van der Waals surface area contributed by atoms with Crippen molar-refractivity contribution in [2.45, 2.75) is 25.9 Å². The fraction of sp³-hybridized carbons (Fsp3) is 0.312. The lowest BCUT2D eigenvalue weighted by atomic mass is 10.1. The number of aliphatic hydroxyl groups excluding tert-OH is 1. The molecule has 0 saturated heterocycles. The maximum atomic E-state index is 9.31. The second-order valence-electron chi connectivity index (χ2n) is 4.65. The van der Waals surface area contributed by atoms with Crippen molar-refractivity contribution in [1.29, 1.82) is 0 Å². The zero-order chi connectivity index (χ0) is 13.5. The Bertz CT molecular complexity index is 480. The summed E-state index contributed by atoms with van der Waals surface area (Å²) in [6.45, 7) is 2.44. The van der Waals surface area contributed by atoms with Crippen LogP contribution in [0.3, 0.4) is 0 Å². The van der Waals surface area contributed by atoms with Gasteiger partial charge in [-0.2, -0.15) is 0 Å². The van der Waals surface area contributed by atoms with Crippen LogP contribution in [-0.4, -0.2) is 22.8 Å². The summed E-state index contributed by atoms with van der Waals surface area (Å²) in [4.78, 5) is 3.98. The van der Waals surface area contributed by atoms with Crippen LogP contribution >= 0.6 is 0 Å². The summed E-state index contributed by atoms with van der Waals surface area (Å²) in [7, 11) is 0. The molecule has 0 spiro atoms. The maximum absolute atomic E-state index is 9.31. The van der Waals surface area contributed by atoms with Crippen molar-refractivity contribution < 1.29 is 9.84 Å². The van der Waals surface area contributed by atoms with Crippen LogP contribution < -0.4 is 4.74 Å². The number of nitrogens with zero attached hydrogens (tertiary/aromatic N) is 1. The van der Waals surface area contributed by atoms with E-state index in [1.54, 1.807) is 19.3 Å². The number of hydrogen-bond donors (Lipinski definition) is 1. The highest BCUT2D eigenvalue weighted by Gasteiger charge is 2.00. The van der Waals surface area contributed by atoms with E-state index in [9.17, 15) is 5.11 Å². The lowest BCUT2D eigenvalue weighted by Gasteiger charge is -2.08. The average Bonchev–Trinajstić information content (AvgIpc) is 2.41. The number of benzene rings is 1. The van der Waals surface area contributed by atoms with Crippen molar-refractivity contribution in [2.75, 3.05) is 6.61 Å². The summed E-state index contributed by atoms with van der Waals surface area (Å²) >= 11 is 0. The van der Waals surface area contributed by atoms with E-state index >= 15 is 0 Å². The molecule has 0 saturated carbocycles. The second kappa shape index (κ2) is 6.90. The molecule has 0 aliphatic rings. The molecule has 2 aromatic rings. The number of hydrogen-bond acceptors (Lipinski definition) is 3. The largest absolute Gasteiger partial charge is 0.493 e. The van der Waals surface area contributed by atoms with E-state index in [0.29, 0.717) is 13.0 Å². The van der Waals surface area contributed by atoms with Crippen LogP contribution in [0, 0.1) is 0 Å². The van der Waals surface area contributed by atoms with Gasteiger partial charge in [-0.25, -0.2) is 0 Å². The van der Waals surface area contributed by atoms with Gasteiger partial charge in [0.25, 0.3) is 0 Å². The van der Waals surface area contributed by atoms with Crippen LogP contribution in [0.15, 0.2) is 48.8 Å². The summed E-state index contributed by atoms with van der Waals surface area (Å²) in [5, 5.41) is 9.31. The molecule has 1 N–H and O–H groups in total. The van der Waals surface area contributed by atoms with Crippen molar-refractivity contribution in [3.63, 3.8) is 0 Å². The van der Waals surface area contributed by atoms with Crippen molar-refractivity contribution in [3.8, 4) is 5.75 Å². The van der Waals surface area contributed by atoms with Gasteiger partial charge in [0.05, 0.1) is 12.7 Å². The number of aromatic nitrogens is 1. The second-order valence-corrected chi connectivity index (χ2v) is 4.65. The minimum Gasteiger partial charge on any atom is -0.493 e. The summed E-state index contributed by atoms with van der Waals surface area (Å²) in [6, 6.07) is 11.9. The minimum atomic E-state index is -0.307. The van der Waals surface area contributed by atoms with Gasteiger partial charge in [0.15, 0.2) is 0 Å². The third kappa shape index (κ3) is 4.72. The molecule has 1 unspecified atom stereocenters. The molecule has 0 aliphatic heterocycles. The summed E-state index contributed by atoms with van der Waals surface area (Å²) in [6.07, 6.45) is 4.83. The van der Waals surface area contributed by atoms with Crippen LogP contribution in [0.5, 0.6) is 5.75 Å². The molecule has 1 atom stereocenters. The van der Waals surface area contributed by atoms with E-state index in [2.05, 4.69) is 4.98 Å². The molecule has 3 nitrogen and oxygen atoms in total. The fourth-order valence-electron chi connectivity index (χ4n) is 1.90.